The summed E-state index contributed by atoms with van der Waals surface area (Å²) in [5.74, 6) is 1.29. The van der Waals surface area contributed by atoms with Gasteiger partial charge in [-0.25, -0.2) is 0 Å². The monoisotopic (exact) mass is 457 g/mol. The normalized spacial score (nSPS) is 12.9. The van der Waals surface area contributed by atoms with Gasteiger partial charge in [0.2, 0.25) is 0 Å². The van der Waals surface area contributed by atoms with E-state index < -0.39 is 4.92 Å². The molecule has 0 saturated carbocycles. The summed E-state index contributed by atoms with van der Waals surface area (Å²) in [5, 5.41) is 11.8. The van der Waals surface area contributed by atoms with Crippen LogP contribution in [-0.4, -0.2) is 41.5 Å². The Hall–Kier alpha value is -4.33. The van der Waals surface area contributed by atoms with Crippen LogP contribution in [0.15, 0.2) is 60.7 Å². The van der Waals surface area contributed by atoms with Crippen molar-refractivity contribution < 1.29 is 19.2 Å². The van der Waals surface area contributed by atoms with Crippen LogP contribution in [0.3, 0.4) is 0 Å². The molecular formula is C26H23N3O5. The fraction of sp³-hybridized carbons (Fsp3) is 0.192. The highest BCUT2D eigenvalue weighted by Gasteiger charge is 2.25. The van der Waals surface area contributed by atoms with Crippen molar-refractivity contribution in [2.24, 2.45) is 0 Å². The molecule has 172 valence electrons. The average molecular weight is 457 g/mol. The number of methoxy groups -OCH3 is 2. The molecule has 1 N–H and O–H groups in total. The van der Waals surface area contributed by atoms with Crippen LogP contribution in [0.25, 0.3) is 22.0 Å². The standard InChI is InChI=1S/C26H23N3O5/c1-33-24-13-18-9-10-28(15-20(18)14-25(24)34-2)26(30)23-12-19-11-17(5-8-22(19)27-23)16-3-6-21(7-4-16)29(31)32/h3-8,11-14,27H,9-10,15H2,1-2H3. The summed E-state index contributed by atoms with van der Waals surface area (Å²) in [6.45, 7) is 1.11. The van der Waals surface area contributed by atoms with E-state index in [-0.39, 0.29) is 11.6 Å². The molecule has 0 fully saturated rings. The number of aromatic nitrogens is 1. The number of hydrogen-bond donors (Lipinski definition) is 1. The van der Waals surface area contributed by atoms with Gasteiger partial charge in [0.05, 0.1) is 19.1 Å². The summed E-state index contributed by atoms with van der Waals surface area (Å²) in [6.07, 6.45) is 0.742. The molecule has 0 atom stereocenters. The molecule has 3 aromatic carbocycles. The molecule has 1 aliphatic rings. The van der Waals surface area contributed by atoms with Crippen molar-refractivity contribution in [1.29, 1.82) is 0 Å². The molecule has 2 heterocycles. The van der Waals surface area contributed by atoms with Crippen molar-refractivity contribution in [3.05, 3.63) is 87.6 Å². The maximum atomic E-state index is 13.3. The summed E-state index contributed by atoms with van der Waals surface area (Å²) in [4.78, 5) is 28.8. The third-order valence-corrected chi connectivity index (χ3v) is 6.27. The lowest BCUT2D eigenvalue weighted by Gasteiger charge is -2.29. The summed E-state index contributed by atoms with van der Waals surface area (Å²) in [6, 6.07) is 18.1. The third-order valence-electron chi connectivity index (χ3n) is 6.27. The SMILES string of the molecule is COc1cc2c(cc1OC)CN(C(=O)c1cc3cc(-c4ccc([N+](=O)[O-])cc4)ccc3[nH]1)CC2. The van der Waals surface area contributed by atoms with E-state index in [1.54, 1.807) is 26.4 Å². The first-order valence-corrected chi connectivity index (χ1v) is 10.9. The van der Waals surface area contributed by atoms with Crippen molar-refractivity contribution in [3.8, 4) is 22.6 Å². The molecule has 4 aromatic rings. The van der Waals surface area contributed by atoms with E-state index in [1.165, 1.54) is 12.1 Å². The largest absolute Gasteiger partial charge is 0.493 e. The van der Waals surface area contributed by atoms with Gasteiger partial charge in [-0.2, -0.15) is 0 Å². The van der Waals surface area contributed by atoms with Crippen molar-refractivity contribution in [1.82, 2.24) is 9.88 Å². The molecule has 34 heavy (non-hydrogen) atoms. The molecule has 0 spiro atoms. The van der Waals surface area contributed by atoms with E-state index in [2.05, 4.69) is 4.98 Å². The molecule has 0 bridgehead atoms. The predicted octanol–water partition coefficient (Wildman–Crippen LogP) is 4.96. The van der Waals surface area contributed by atoms with Crippen LogP contribution < -0.4 is 9.47 Å². The smallest absolute Gasteiger partial charge is 0.270 e. The number of ether oxygens (including phenoxy) is 2. The zero-order chi connectivity index (χ0) is 23.8. The number of nitro benzene ring substituents is 1. The molecule has 1 aromatic heterocycles. The number of carbonyl (C=O) groups is 1. The molecule has 0 unspecified atom stereocenters. The Kier molecular flexibility index (Phi) is 5.41. The van der Waals surface area contributed by atoms with Gasteiger partial charge >= 0.3 is 0 Å². The number of rotatable bonds is 5. The summed E-state index contributed by atoms with van der Waals surface area (Å²) >= 11 is 0. The number of amides is 1. The van der Waals surface area contributed by atoms with Gasteiger partial charge in [0.1, 0.15) is 5.69 Å². The second kappa shape index (κ2) is 8.55. The minimum atomic E-state index is -0.414. The van der Waals surface area contributed by atoms with E-state index in [1.807, 2.05) is 41.3 Å². The van der Waals surface area contributed by atoms with Gasteiger partial charge < -0.3 is 19.4 Å². The van der Waals surface area contributed by atoms with Crippen molar-refractivity contribution in [2.45, 2.75) is 13.0 Å². The van der Waals surface area contributed by atoms with Crippen LogP contribution in [-0.2, 0) is 13.0 Å². The first-order chi connectivity index (χ1) is 16.5. The predicted molar refractivity (Wildman–Crippen MR) is 128 cm³/mol. The second-order valence-electron chi connectivity index (χ2n) is 8.24. The third kappa shape index (κ3) is 3.83. The number of aromatic amines is 1. The van der Waals surface area contributed by atoms with Crippen molar-refractivity contribution in [2.75, 3.05) is 20.8 Å². The second-order valence-corrected chi connectivity index (χ2v) is 8.24. The number of carbonyl (C=O) groups excluding carboxylic acids is 1. The first-order valence-electron chi connectivity index (χ1n) is 10.9. The lowest BCUT2D eigenvalue weighted by atomic mass is 9.98. The lowest BCUT2D eigenvalue weighted by Crippen LogP contribution is -2.36. The van der Waals surface area contributed by atoms with Crippen LogP contribution in [0, 0.1) is 10.1 Å². The zero-order valence-corrected chi connectivity index (χ0v) is 18.8. The first kappa shape index (κ1) is 21.5. The van der Waals surface area contributed by atoms with Crippen LogP contribution in [0.5, 0.6) is 11.5 Å². The van der Waals surface area contributed by atoms with Crippen LogP contribution in [0.2, 0.25) is 0 Å². The maximum Gasteiger partial charge on any atom is 0.270 e. The molecular weight excluding hydrogens is 434 g/mol. The van der Waals surface area contributed by atoms with E-state index in [0.717, 1.165) is 39.6 Å². The number of nitro groups is 1. The molecule has 8 nitrogen and oxygen atoms in total. The average Bonchev–Trinajstić information content (AvgIpc) is 3.30. The van der Waals surface area contributed by atoms with E-state index in [9.17, 15) is 14.9 Å². The zero-order valence-electron chi connectivity index (χ0n) is 18.8. The minimum absolute atomic E-state index is 0.0542. The molecule has 5 rings (SSSR count). The Morgan fingerprint density at radius 3 is 2.29 bits per heavy atom. The van der Waals surface area contributed by atoms with Crippen LogP contribution >= 0.6 is 0 Å². The van der Waals surface area contributed by atoms with Gasteiger partial charge in [-0.1, -0.05) is 6.07 Å². The highest BCUT2D eigenvalue weighted by Crippen LogP contribution is 2.34. The number of fused-ring (bicyclic) bond motifs is 2. The Labute approximate surface area is 195 Å². The van der Waals surface area contributed by atoms with E-state index in [0.29, 0.717) is 30.3 Å². The van der Waals surface area contributed by atoms with Gasteiger partial charge in [-0.05, 0) is 71.1 Å². The summed E-state index contributed by atoms with van der Waals surface area (Å²) in [7, 11) is 3.22. The van der Waals surface area contributed by atoms with E-state index in [4.69, 9.17) is 9.47 Å². The van der Waals surface area contributed by atoms with Crippen LogP contribution in [0.1, 0.15) is 21.6 Å². The number of benzene rings is 3. The van der Waals surface area contributed by atoms with Crippen molar-refractivity contribution >= 4 is 22.5 Å². The fourth-order valence-corrected chi connectivity index (χ4v) is 4.43. The highest BCUT2D eigenvalue weighted by atomic mass is 16.6. The summed E-state index contributed by atoms with van der Waals surface area (Å²) < 4.78 is 10.8. The highest BCUT2D eigenvalue weighted by molar-refractivity contribution is 5.99. The lowest BCUT2D eigenvalue weighted by molar-refractivity contribution is -0.384. The number of hydrogen-bond acceptors (Lipinski definition) is 5. The Morgan fingerprint density at radius 1 is 0.941 bits per heavy atom. The number of nitrogens with one attached hydrogen (secondary N) is 1. The molecule has 1 amide bonds. The Morgan fingerprint density at radius 2 is 1.62 bits per heavy atom. The molecule has 0 saturated heterocycles. The number of nitrogens with zero attached hydrogens (tertiary/aromatic N) is 2. The minimum Gasteiger partial charge on any atom is -0.493 e. The molecule has 0 radical (unpaired) electrons. The van der Waals surface area contributed by atoms with Gasteiger partial charge in [0.25, 0.3) is 11.6 Å². The van der Waals surface area contributed by atoms with Gasteiger partial charge in [0, 0.05) is 36.1 Å². The summed E-state index contributed by atoms with van der Waals surface area (Å²) in [5.41, 5.74) is 5.45. The molecule has 8 heteroatoms. The maximum absolute atomic E-state index is 13.3. The van der Waals surface area contributed by atoms with Gasteiger partial charge in [-0.3, -0.25) is 14.9 Å². The van der Waals surface area contributed by atoms with Gasteiger partial charge in [-0.15, -0.1) is 0 Å². The fourth-order valence-electron chi connectivity index (χ4n) is 4.43. The number of H-pyrrole nitrogens is 1. The quantitative estimate of drug-likeness (QED) is 0.337. The topological polar surface area (TPSA) is 97.7 Å². The van der Waals surface area contributed by atoms with Crippen LogP contribution in [0.4, 0.5) is 5.69 Å². The van der Waals surface area contributed by atoms with Gasteiger partial charge in [0.15, 0.2) is 11.5 Å². The molecule has 0 aliphatic carbocycles. The van der Waals surface area contributed by atoms with E-state index >= 15 is 0 Å². The van der Waals surface area contributed by atoms with Crippen molar-refractivity contribution in [3.63, 3.8) is 0 Å². The Bertz CT molecular complexity index is 1410. The number of non-ortho nitro benzene ring substituents is 1. The Balaban J connectivity index is 1.39. The molecule has 1 aliphatic heterocycles.